The van der Waals surface area contributed by atoms with E-state index in [9.17, 15) is 9.59 Å². The molecule has 0 spiro atoms. The van der Waals surface area contributed by atoms with Crippen LogP contribution in [0.25, 0.3) is 0 Å². The maximum Gasteiger partial charge on any atom is 0.339 e. The highest BCUT2D eigenvalue weighted by Crippen LogP contribution is 2.19. The van der Waals surface area contributed by atoms with Crippen LogP contribution in [0.3, 0.4) is 0 Å². The summed E-state index contributed by atoms with van der Waals surface area (Å²) in [6.07, 6.45) is 3.22. The average Bonchev–Trinajstić information content (AvgIpc) is 2.60. The molecule has 1 aromatic rings. The zero-order valence-electron chi connectivity index (χ0n) is 15.5. The minimum absolute atomic E-state index is 0.145. The second kappa shape index (κ2) is 10.2. The molecule has 0 saturated heterocycles. The van der Waals surface area contributed by atoms with Gasteiger partial charge in [0.15, 0.2) is 0 Å². The summed E-state index contributed by atoms with van der Waals surface area (Å²) in [5, 5.41) is 0. The highest BCUT2D eigenvalue weighted by atomic mass is 16.5. The molecule has 0 aliphatic rings. The van der Waals surface area contributed by atoms with Crippen molar-refractivity contribution in [3.63, 3.8) is 0 Å². The van der Waals surface area contributed by atoms with Crippen molar-refractivity contribution in [3.05, 3.63) is 85.0 Å². The first-order valence-corrected chi connectivity index (χ1v) is 8.35. The Kier molecular flexibility index (Phi) is 8.29. The number of carbonyl (C=O) groups is 2. The Morgan fingerprint density at radius 1 is 0.885 bits per heavy atom. The molecule has 1 aromatic carbocycles. The van der Waals surface area contributed by atoms with Crippen molar-refractivity contribution >= 4 is 11.9 Å². The van der Waals surface area contributed by atoms with Crippen LogP contribution in [0.2, 0.25) is 0 Å². The van der Waals surface area contributed by atoms with Crippen molar-refractivity contribution in [2.45, 2.75) is 38.9 Å². The van der Waals surface area contributed by atoms with E-state index in [4.69, 9.17) is 9.47 Å². The first-order valence-electron chi connectivity index (χ1n) is 8.35. The number of hydrogen-bond donors (Lipinski definition) is 0. The number of esters is 2. The third kappa shape index (κ3) is 5.88. The quantitative estimate of drug-likeness (QED) is 0.436. The molecule has 0 heterocycles. The maximum atomic E-state index is 12.6. The molecule has 4 heteroatoms. The van der Waals surface area contributed by atoms with Crippen LogP contribution >= 0.6 is 0 Å². The second-order valence-electron chi connectivity index (χ2n) is 6.07. The summed E-state index contributed by atoms with van der Waals surface area (Å²) in [5.41, 5.74) is 1.69. The van der Waals surface area contributed by atoms with Gasteiger partial charge in [-0.05, 0) is 37.1 Å². The monoisotopic (exact) mass is 354 g/mol. The normalized spacial score (nSPS) is 12.4. The van der Waals surface area contributed by atoms with E-state index in [0.717, 1.165) is 0 Å². The first-order chi connectivity index (χ1) is 12.3. The van der Waals surface area contributed by atoms with E-state index >= 15 is 0 Å². The first kappa shape index (κ1) is 21.2. The second-order valence-corrected chi connectivity index (χ2v) is 6.07. The van der Waals surface area contributed by atoms with Crippen LogP contribution in [0.1, 0.15) is 47.4 Å². The average molecular weight is 354 g/mol. The molecule has 0 radical (unpaired) electrons. The fourth-order valence-corrected chi connectivity index (χ4v) is 2.23. The molecule has 26 heavy (non-hydrogen) atoms. The van der Waals surface area contributed by atoms with E-state index in [1.165, 1.54) is 12.1 Å². The van der Waals surface area contributed by atoms with E-state index in [2.05, 4.69) is 26.3 Å². The Morgan fingerprint density at radius 3 is 1.50 bits per heavy atom. The topological polar surface area (TPSA) is 52.6 Å². The molecule has 0 saturated carbocycles. The van der Waals surface area contributed by atoms with E-state index in [0.29, 0.717) is 24.0 Å². The Morgan fingerprint density at radius 2 is 1.23 bits per heavy atom. The molecule has 0 aromatic heterocycles. The van der Waals surface area contributed by atoms with Gasteiger partial charge in [-0.25, -0.2) is 9.59 Å². The van der Waals surface area contributed by atoms with E-state index in [1.807, 2.05) is 0 Å². The zero-order valence-corrected chi connectivity index (χ0v) is 15.5. The summed E-state index contributed by atoms with van der Waals surface area (Å²) in [7, 11) is 0. The highest BCUT2D eigenvalue weighted by molar-refractivity contribution is 6.03. The summed E-state index contributed by atoms with van der Waals surface area (Å²) in [5.74, 6) is -1.22. The Bertz CT molecular complexity index is 654. The van der Waals surface area contributed by atoms with Gasteiger partial charge in [0, 0.05) is 12.8 Å². The Balaban J connectivity index is 3.05. The largest absolute Gasteiger partial charge is 0.454 e. The van der Waals surface area contributed by atoms with Gasteiger partial charge < -0.3 is 9.47 Å². The van der Waals surface area contributed by atoms with Gasteiger partial charge in [0.25, 0.3) is 0 Å². The summed E-state index contributed by atoms with van der Waals surface area (Å²) < 4.78 is 11.0. The summed E-state index contributed by atoms with van der Waals surface area (Å²) in [6, 6.07) is 6.39. The molecule has 4 nitrogen and oxygen atoms in total. The standard InChI is InChI=1S/C22H26O4/c1-7-11-19(15(3)4)25-21(23)17-13-9-10-14-18(17)22(24)26-20(12-8-2)16(5)6/h7-10,13-14,19-20H,1-3,5,11-12H2,4,6H3. The van der Waals surface area contributed by atoms with E-state index in [1.54, 1.807) is 38.1 Å². The SMILES string of the molecule is C=CCC(OC(=O)c1ccccc1C(=O)OC(CC=C)C(=C)C)C(=C)C. The number of carbonyl (C=O) groups excluding carboxylic acids is 2. The predicted octanol–water partition coefficient (Wildman–Crippen LogP) is 5.04. The number of benzene rings is 1. The maximum absolute atomic E-state index is 12.6. The van der Waals surface area contributed by atoms with Gasteiger partial charge in [0.1, 0.15) is 12.2 Å². The van der Waals surface area contributed by atoms with Gasteiger partial charge in [-0.15, -0.1) is 13.2 Å². The molecule has 0 bridgehead atoms. The molecule has 1 rings (SSSR count). The highest BCUT2D eigenvalue weighted by Gasteiger charge is 2.24. The molecular formula is C22H26O4. The Hall–Kier alpha value is -2.88. The van der Waals surface area contributed by atoms with Crippen LogP contribution in [0.5, 0.6) is 0 Å². The minimum Gasteiger partial charge on any atom is -0.454 e. The van der Waals surface area contributed by atoms with Gasteiger partial charge in [0.05, 0.1) is 11.1 Å². The Labute approximate surface area is 155 Å². The summed E-state index contributed by atoms with van der Waals surface area (Å²) >= 11 is 0. The predicted molar refractivity (Wildman–Crippen MR) is 104 cm³/mol. The van der Waals surface area contributed by atoms with Gasteiger partial charge >= 0.3 is 11.9 Å². The summed E-state index contributed by atoms with van der Waals surface area (Å²) in [4.78, 5) is 25.1. The van der Waals surface area contributed by atoms with Crippen LogP contribution in [0.15, 0.2) is 73.9 Å². The number of hydrogen-bond acceptors (Lipinski definition) is 4. The fraction of sp³-hybridized carbons (Fsp3) is 0.273. The third-order valence-corrected chi connectivity index (χ3v) is 3.73. The molecule has 0 aliphatic heterocycles. The van der Waals surface area contributed by atoms with Crippen molar-refractivity contribution in [1.82, 2.24) is 0 Å². The zero-order chi connectivity index (χ0) is 19.7. The molecular weight excluding hydrogens is 328 g/mol. The van der Waals surface area contributed by atoms with Crippen molar-refractivity contribution in [3.8, 4) is 0 Å². The molecule has 0 N–H and O–H groups in total. The van der Waals surface area contributed by atoms with Crippen LogP contribution in [0, 0.1) is 0 Å². The minimum atomic E-state index is -0.608. The smallest absolute Gasteiger partial charge is 0.339 e. The lowest BCUT2D eigenvalue weighted by Gasteiger charge is -2.19. The van der Waals surface area contributed by atoms with E-state index in [-0.39, 0.29) is 11.1 Å². The molecule has 2 unspecified atom stereocenters. The van der Waals surface area contributed by atoms with E-state index < -0.39 is 24.1 Å². The van der Waals surface area contributed by atoms with Crippen molar-refractivity contribution in [2.75, 3.05) is 0 Å². The fourth-order valence-electron chi connectivity index (χ4n) is 2.23. The van der Waals surface area contributed by atoms with Gasteiger partial charge in [0.2, 0.25) is 0 Å². The third-order valence-electron chi connectivity index (χ3n) is 3.73. The molecule has 0 amide bonds. The van der Waals surface area contributed by atoms with Gasteiger partial charge in [-0.1, -0.05) is 37.4 Å². The molecule has 0 aliphatic carbocycles. The number of rotatable bonds is 10. The lowest BCUT2D eigenvalue weighted by Crippen LogP contribution is -2.23. The van der Waals surface area contributed by atoms with Gasteiger partial charge in [-0.2, -0.15) is 0 Å². The van der Waals surface area contributed by atoms with Crippen molar-refractivity contribution in [1.29, 1.82) is 0 Å². The lowest BCUT2D eigenvalue weighted by atomic mass is 10.1. The van der Waals surface area contributed by atoms with Crippen LogP contribution in [-0.4, -0.2) is 24.1 Å². The molecule has 138 valence electrons. The molecule has 2 atom stereocenters. The van der Waals surface area contributed by atoms with Crippen LogP contribution in [-0.2, 0) is 9.47 Å². The van der Waals surface area contributed by atoms with Gasteiger partial charge in [-0.3, -0.25) is 0 Å². The van der Waals surface area contributed by atoms with Crippen molar-refractivity contribution in [2.24, 2.45) is 0 Å². The molecule has 0 fully saturated rings. The van der Waals surface area contributed by atoms with Crippen molar-refractivity contribution < 1.29 is 19.1 Å². The summed E-state index contributed by atoms with van der Waals surface area (Å²) in [6.45, 7) is 18.5. The van der Waals surface area contributed by atoms with Crippen LogP contribution < -0.4 is 0 Å². The van der Waals surface area contributed by atoms with Crippen LogP contribution in [0.4, 0.5) is 0 Å². The lowest BCUT2D eigenvalue weighted by molar-refractivity contribution is 0.0332. The number of ether oxygens (including phenoxy) is 2.